The van der Waals surface area contributed by atoms with E-state index in [0.29, 0.717) is 12.4 Å². The Kier molecular flexibility index (Phi) is 4.32. The van der Waals surface area contributed by atoms with E-state index in [9.17, 15) is 5.11 Å². The van der Waals surface area contributed by atoms with Crippen molar-refractivity contribution in [2.24, 2.45) is 0 Å². The van der Waals surface area contributed by atoms with Gasteiger partial charge in [0.25, 0.3) is 0 Å². The maximum atomic E-state index is 9.70. The van der Waals surface area contributed by atoms with E-state index in [1.807, 2.05) is 25.1 Å². The number of ether oxygens (including phenoxy) is 3. The first-order chi connectivity index (χ1) is 9.02. The summed E-state index contributed by atoms with van der Waals surface area (Å²) in [6.45, 7) is 7.10. The van der Waals surface area contributed by atoms with Crippen LogP contribution in [0.5, 0.6) is 11.5 Å². The Labute approximate surface area is 114 Å². The Bertz CT molecular complexity index is 428. The van der Waals surface area contributed by atoms with Crippen molar-refractivity contribution in [1.29, 1.82) is 0 Å². The lowest BCUT2D eigenvalue weighted by Crippen LogP contribution is -2.25. The standard InChI is InChI=1S/C15H22O4/c1-4-17-9-12(16)10-18-13-7-5-6-11-8-15(2,3)19-14(11)13/h5-7,12,16H,4,8-10H2,1-3H3. The molecule has 1 unspecified atom stereocenters. The molecule has 4 nitrogen and oxygen atoms in total. The summed E-state index contributed by atoms with van der Waals surface area (Å²) in [4.78, 5) is 0. The minimum Gasteiger partial charge on any atom is -0.487 e. The fourth-order valence-electron chi connectivity index (χ4n) is 2.19. The van der Waals surface area contributed by atoms with Crippen LogP contribution in [0.3, 0.4) is 0 Å². The normalized spacial score (nSPS) is 17.7. The molecule has 0 bridgehead atoms. The molecule has 1 aromatic carbocycles. The minimum atomic E-state index is -0.620. The molecule has 0 radical (unpaired) electrons. The zero-order valence-corrected chi connectivity index (χ0v) is 11.8. The number of fused-ring (bicyclic) bond motifs is 1. The van der Waals surface area contributed by atoms with Crippen LogP contribution in [0.4, 0.5) is 0 Å². The molecule has 19 heavy (non-hydrogen) atoms. The van der Waals surface area contributed by atoms with Gasteiger partial charge in [-0.15, -0.1) is 0 Å². The summed E-state index contributed by atoms with van der Waals surface area (Å²) in [7, 11) is 0. The summed E-state index contributed by atoms with van der Waals surface area (Å²) in [5.41, 5.74) is 0.966. The van der Waals surface area contributed by atoms with Crippen LogP contribution in [0.1, 0.15) is 26.3 Å². The molecule has 0 aromatic heterocycles. The second-order valence-corrected chi connectivity index (χ2v) is 5.41. The molecule has 0 amide bonds. The van der Waals surface area contributed by atoms with E-state index in [0.717, 1.165) is 17.7 Å². The van der Waals surface area contributed by atoms with E-state index >= 15 is 0 Å². The fourth-order valence-corrected chi connectivity index (χ4v) is 2.19. The van der Waals surface area contributed by atoms with Crippen LogP contribution in [0.25, 0.3) is 0 Å². The third kappa shape index (κ3) is 3.61. The van der Waals surface area contributed by atoms with Crippen LogP contribution in [-0.2, 0) is 11.2 Å². The molecule has 1 heterocycles. The van der Waals surface area contributed by atoms with Crippen molar-refractivity contribution < 1.29 is 19.3 Å². The minimum absolute atomic E-state index is 0.189. The van der Waals surface area contributed by atoms with Crippen molar-refractivity contribution in [2.75, 3.05) is 19.8 Å². The number of para-hydroxylation sites is 1. The smallest absolute Gasteiger partial charge is 0.165 e. The summed E-state index contributed by atoms with van der Waals surface area (Å²) in [6.07, 6.45) is 0.256. The summed E-state index contributed by atoms with van der Waals surface area (Å²) < 4.78 is 16.7. The maximum Gasteiger partial charge on any atom is 0.165 e. The monoisotopic (exact) mass is 266 g/mol. The molecular weight excluding hydrogens is 244 g/mol. The lowest BCUT2D eigenvalue weighted by molar-refractivity contribution is 0.0153. The number of aliphatic hydroxyl groups excluding tert-OH is 1. The van der Waals surface area contributed by atoms with E-state index in [2.05, 4.69) is 13.8 Å². The molecule has 0 spiro atoms. The Morgan fingerprint density at radius 2 is 2.16 bits per heavy atom. The van der Waals surface area contributed by atoms with E-state index in [1.165, 1.54) is 0 Å². The SMILES string of the molecule is CCOCC(O)COc1cccc2c1OC(C)(C)C2. The predicted molar refractivity (Wildman–Crippen MR) is 72.8 cm³/mol. The van der Waals surface area contributed by atoms with Gasteiger partial charge < -0.3 is 19.3 Å². The van der Waals surface area contributed by atoms with E-state index in [4.69, 9.17) is 14.2 Å². The second-order valence-electron chi connectivity index (χ2n) is 5.41. The first-order valence-electron chi connectivity index (χ1n) is 6.71. The lowest BCUT2D eigenvalue weighted by atomic mass is 10.0. The average Bonchev–Trinajstić information content (AvgIpc) is 2.68. The van der Waals surface area contributed by atoms with Gasteiger partial charge in [-0.25, -0.2) is 0 Å². The van der Waals surface area contributed by atoms with Crippen LogP contribution in [0, 0.1) is 0 Å². The highest BCUT2D eigenvalue weighted by atomic mass is 16.5. The third-order valence-electron chi connectivity index (χ3n) is 3.00. The van der Waals surface area contributed by atoms with Crippen molar-refractivity contribution >= 4 is 0 Å². The highest BCUT2D eigenvalue weighted by molar-refractivity contribution is 5.50. The number of hydrogen-bond acceptors (Lipinski definition) is 4. The molecule has 1 N–H and O–H groups in total. The summed E-state index contributed by atoms with van der Waals surface area (Å²) >= 11 is 0. The first kappa shape index (κ1) is 14.2. The van der Waals surface area contributed by atoms with Gasteiger partial charge in [0.15, 0.2) is 11.5 Å². The van der Waals surface area contributed by atoms with Crippen LogP contribution < -0.4 is 9.47 Å². The summed E-state index contributed by atoms with van der Waals surface area (Å²) in [6, 6.07) is 5.87. The van der Waals surface area contributed by atoms with Gasteiger partial charge in [0.2, 0.25) is 0 Å². The highest BCUT2D eigenvalue weighted by Gasteiger charge is 2.32. The Morgan fingerprint density at radius 1 is 1.37 bits per heavy atom. The first-order valence-corrected chi connectivity index (χ1v) is 6.71. The molecule has 0 fully saturated rings. The van der Waals surface area contributed by atoms with Gasteiger partial charge in [0.05, 0.1) is 6.61 Å². The second kappa shape index (κ2) is 5.80. The summed E-state index contributed by atoms with van der Waals surface area (Å²) in [5.74, 6) is 1.50. The van der Waals surface area contributed by atoms with Gasteiger partial charge in [0, 0.05) is 18.6 Å². The molecule has 1 atom stereocenters. The van der Waals surface area contributed by atoms with Crippen molar-refractivity contribution in [3.05, 3.63) is 23.8 Å². The zero-order chi connectivity index (χ0) is 13.9. The lowest BCUT2D eigenvalue weighted by Gasteiger charge is -2.19. The Balaban J connectivity index is 1.98. The quantitative estimate of drug-likeness (QED) is 0.857. The van der Waals surface area contributed by atoms with Crippen molar-refractivity contribution in [1.82, 2.24) is 0 Å². The van der Waals surface area contributed by atoms with Crippen LogP contribution in [0.2, 0.25) is 0 Å². The number of benzene rings is 1. The Hall–Kier alpha value is -1.26. The number of aliphatic hydroxyl groups is 1. The molecular formula is C15H22O4. The van der Waals surface area contributed by atoms with Crippen LogP contribution >= 0.6 is 0 Å². The van der Waals surface area contributed by atoms with Gasteiger partial charge in [-0.3, -0.25) is 0 Å². The van der Waals surface area contributed by atoms with Crippen molar-refractivity contribution in [3.63, 3.8) is 0 Å². The molecule has 1 aliphatic rings. The van der Waals surface area contributed by atoms with E-state index < -0.39 is 6.10 Å². The molecule has 4 heteroatoms. The van der Waals surface area contributed by atoms with Gasteiger partial charge in [-0.2, -0.15) is 0 Å². The maximum absolute atomic E-state index is 9.70. The van der Waals surface area contributed by atoms with E-state index in [1.54, 1.807) is 0 Å². The molecule has 0 saturated carbocycles. The number of rotatable bonds is 6. The molecule has 1 aromatic rings. The van der Waals surface area contributed by atoms with Crippen molar-refractivity contribution in [2.45, 2.75) is 38.9 Å². The van der Waals surface area contributed by atoms with Gasteiger partial charge in [0.1, 0.15) is 18.3 Å². The van der Waals surface area contributed by atoms with Gasteiger partial charge >= 0.3 is 0 Å². The predicted octanol–water partition coefficient (Wildman–Crippen LogP) is 2.18. The molecule has 2 rings (SSSR count). The largest absolute Gasteiger partial charge is 0.487 e. The fraction of sp³-hybridized carbons (Fsp3) is 0.600. The van der Waals surface area contributed by atoms with Crippen LogP contribution in [0.15, 0.2) is 18.2 Å². The molecule has 106 valence electrons. The van der Waals surface area contributed by atoms with Gasteiger partial charge in [-0.1, -0.05) is 12.1 Å². The molecule has 0 saturated heterocycles. The van der Waals surface area contributed by atoms with Crippen molar-refractivity contribution in [3.8, 4) is 11.5 Å². The molecule has 0 aliphatic carbocycles. The van der Waals surface area contributed by atoms with Gasteiger partial charge in [-0.05, 0) is 26.8 Å². The van der Waals surface area contributed by atoms with E-state index in [-0.39, 0.29) is 18.8 Å². The topological polar surface area (TPSA) is 47.9 Å². The third-order valence-corrected chi connectivity index (χ3v) is 3.00. The highest BCUT2D eigenvalue weighted by Crippen LogP contribution is 2.41. The number of hydrogen-bond donors (Lipinski definition) is 1. The molecule has 1 aliphatic heterocycles. The summed E-state index contributed by atoms with van der Waals surface area (Å²) in [5, 5.41) is 9.70. The zero-order valence-electron chi connectivity index (χ0n) is 11.8. The average molecular weight is 266 g/mol. The Morgan fingerprint density at radius 3 is 2.89 bits per heavy atom. The van der Waals surface area contributed by atoms with Crippen LogP contribution in [-0.4, -0.2) is 36.6 Å².